The average molecular weight is 371 g/mol. The van der Waals surface area contributed by atoms with Crippen molar-refractivity contribution in [2.45, 2.75) is 69.3 Å². The van der Waals surface area contributed by atoms with E-state index in [4.69, 9.17) is 28.2 Å². The number of benzene rings is 1. The predicted molar refractivity (Wildman–Crippen MR) is 101 cm³/mol. The zero-order valence-electron chi connectivity index (χ0n) is 14.4. The van der Waals surface area contributed by atoms with Crippen molar-refractivity contribution in [3.05, 3.63) is 39.8 Å². The van der Waals surface area contributed by atoms with Gasteiger partial charge in [0.15, 0.2) is 0 Å². The van der Waals surface area contributed by atoms with E-state index < -0.39 is 0 Å². The lowest BCUT2D eigenvalue weighted by Crippen LogP contribution is -2.06. The van der Waals surface area contributed by atoms with Gasteiger partial charge in [-0.25, -0.2) is 4.98 Å². The first kappa shape index (κ1) is 18.7. The second kappa shape index (κ2) is 7.96. The molecular weight excluding hydrogens is 347 g/mol. The Morgan fingerprint density at radius 3 is 2.17 bits per heavy atom. The number of nitrogens with zero attached hydrogens (tertiary/aromatic N) is 2. The van der Waals surface area contributed by atoms with E-state index in [0.29, 0.717) is 21.9 Å². The molecule has 1 unspecified atom stereocenters. The molecule has 2 aromatic rings. The molecule has 1 atom stereocenters. The molecular formula is C18H24Cl2N2S. The van der Waals surface area contributed by atoms with Crippen LogP contribution in [0, 0.1) is 0 Å². The summed E-state index contributed by atoms with van der Waals surface area (Å²) in [6, 6.07) is 5.68. The fourth-order valence-electron chi connectivity index (χ4n) is 2.52. The van der Waals surface area contributed by atoms with Crippen molar-refractivity contribution < 1.29 is 0 Å². The summed E-state index contributed by atoms with van der Waals surface area (Å²) in [6.07, 6.45) is 1.08. The quantitative estimate of drug-likeness (QED) is 0.544. The largest absolute Gasteiger partial charge is 0.323 e. The van der Waals surface area contributed by atoms with Crippen molar-refractivity contribution in [1.29, 1.82) is 0 Å². The third-order valence-corrected chi connectivity index (χ3v) is 5.47. The van der Waals surface area contributed by atoms with Crippen molar-refractivity contribution >= 4 is 35.0 Å². The van der Waals surface area contributed by atoms with E-state index in [0.717, 1.165) is 23.6 Å². The van der Waals surface area contributed by atoms with Crippen LogP contribution in [0.1, 0.15) is 64.4 Å². The topological polar surface area (TPSA) is 17.8 Å². The monoisotopic (exact) mass is 370 g/mol. The minimum Gasteiger partial charge on any atom is -0.323 e. The third-order valence-electron chi connectivity index (χ3n) is 3.94. The standard InChI is InChI=1S/C18H24Cl2N2S/c1-6-12(5)17-21-16(11(3)4)18(22(17)7-2)23-15-9-13(19)8-14(20)10-15/h8-12H,6-7H2,1-5H3. The van der Waals surface area contributed by atoms with Crippen LogP contribution in [0.5, 0.6) is 0 Å². The minimum absolute atomic E-state index is 0.378. The SMILES string of the molecule is CCC(C)c1nc(C(C)C)c(Sc2cc(Cl)cc(Cl)c2)n1CC. The summed E-state index contributed by atoms with van der Waals surface area (Å²) in [4.78, 5) is 6.02. The highest BCUT2D eigenvalue weighted by Gasteiger charge is 2.22. The number of aromatic nitrogens is 2. The Bertz CT molecular complexity index is 660. The Hall–Kier alpha value is -0.640. The molecule has 2 nitrogen and oxygen atoms in total. The van der Waals surface area contributed by atoms with E-state index in [1.54, 1.807) is 17.8 Å². The van der Waals surface area contributed by atoms with Crippen molar-refractivity contribution in [1.82, 2.24) is 9.55 Å². The van der Waals surface area contributed by atoms with Crippen LogP contribution in [0.2, 0.25) is 10.0 Å². The highest BCUT2D eigenvalue weighted by atomic mass is 35.5. The second-order valence-corrected chi connectivity index (χ2v) is 8.01. The van der Waals surface area contributed by atoms with Gasteiger partial charge in [0.25, 0.3) is 0 Å². The normalized spacial score (nSPS) is 12.9. The van der Waals surface area contributed by atoms with Crippen molar-refractivity contribution in [2.24, 2.45) is 0 Å². The van der Waals surface area contributed by atoms with Gasteiger partial charge in [0.1, 0.15) is 10.9 Å². The fraction of sp³-hybridized carbons (Fsp3) is 0.500. The molecule has 0 saturated heterocycles. The summed E-state index contributed by atoms with van der Waals surface area (Å²) in [5.41, 5.74) is 1.16. The zero-order chi connectivity index (χ0) is 17.1. The van der Waals surface area contributed by atoms with Crippen LogP contribution in [0.15, 0.2) is 28.1 Å². The molecule has 0 aliphatic heterocycles. The van der Waals surface area contributed by atoms with Gasteiger partial charge in [-0.1, -0.05) is 62.7 Å². The van der Waals surface area contributed by atoms with E-state index in [1.165, 1.54) is 10.9 Å². The number of rotatable bonds is 6. The molecule has 126 valence electrons. The van der Waals surface area contributed by atoms with Gasteiger partial charge in [-0.15, -0.1) is 0 Å². The van der Waals surface area contributed by atoms with E-state index in [9.17, 15) is 0 Å². The lowest BCUT2D eigenvalue weighted by molar-refractivity contribution is 0.582. The van der Waals surface area contributed by atoms with Gasteiger partial charge in [-0.3, -0.25) is 0 Å². The first-order valence-corrected chi connectivity index (χ1v) is 9.68. The van der Waals surface area contributed by atoms with Crippen LogP contribution >= 0.6 is 35.0 Å². The smallest absolute Gasteiger partial charge is 0.112 e. The predicted octanol–water partition coefficient (Wildman–Crippen LogP) is 7.00. The summed E-state index contributed by atoms with van der Waals surface area (Å²) in [5.74, 6) is 2.00. The molecule has 2 rings (SSSR count). The minimum atomic E-state index is 0.378. The van der Waals surface area contributed by atoms with Crippen molar-refractivity contribution in [3.63, 3.8) is 0 Å². The van der Waals surface area contributed by atoms with Gasteiger partial charge < -0.3 is 4.57 Å². The summed E-state index contributed by atoms with van der Waals surface area (Å²) in [6.45, 7) is 11.9. The Kier molecular flexibility index (Phi) is 6.47. The maximum Gasteiger partial charge on any atom is 0.112 e. The molecule has 0 fully saturated rings. The Morgan fingerprint density at radius 1 is 1.09 bits per heavy atom. The summed E-state index contributed by atoms with van der Waals surface area (Å²) < 4.78 is 2.34. The number of hydrogen-bond donors (Lipinski definition) is 0. The van der Waals surface area contributed by atoms with E-state index in [-0.39, 0.29) is 0 Å². The Balaban J connectivity index is 2.52. The Morgan fingerprint density at radius 2 is 1.70 bits per heavy atom. The van der Waals surface area contributed by atoms with Gasteiger partial charge >= 0.3 is 0 Å². The molecule has 0 N–H and O–H groups in total. The molecule has 0 bridgehead atoms. The molecule has 0 aliphatic carbocycles. The van der Waals surface area contributed by atoms with Crippen LogP contribution < -0.4 is 0 Å². The number of imidazole rings is 1. The number of halogens is 2. The molecule has 0 saturated carbocycles. The van der Waals surface area contributed by atoms with Gasteiger partial charge in [0.2, 0.25) is 0 Å². The van der Waals surface area contributed by atoms with Crippen LogP contribution in [0.3, 0.4) is 0 Å². The highest BCUT2D eigenvalue weighted by molar-refractivity contribution is 7.99. The van der Waals surface area contributed by atoms with E-state index in [2.05, 4.69) is 39.2 Å². The molecule has 5 heteroatoms. The van der Waals surface area contributed by atoms with Crippen molar-refractivity contribution in [2.75, 3.05) is 0 Å². The molecule has 0 amide bonds. The fourth-order valence-corrected chi connectivity index (χ4v) is 4.49. The van der Waals surface area contributed by atoms with Crippen LogP contribution in [-0.4, -0.2) is 9.55 Å². The Labute approximate surface area is 153 Å². The van der Waals surface area contributed by atoms with Gasteiger partial charge in [-0.2, -0.15) is 0 Å². The second-order valence-electron chi connectivity index (χ2n) is 6.08. The number of hydrogen-bond acceptors (Lipinski definition) is 2. The van der Waals surface area contributed by atoms with Crippen LogP contribution in [-0.2, 0) is 6.54 Å². The average Bonchev–Trinajstić information content (AvgIpc) is 2.83. The van der Waals surface area contributed by atoms with E-state index >= 15 is 0 Å². The lowest BCUT2D eigenvalue weighted by Gasteiger charge is -2.14. The first-order chi connectivity index (χ1) is 10.9. The molecule has 1 heterocycles. The van der Waals surface area contributed by atoms with Crippen LogP contribution in [0.4, 0.5) is 0 Å². The molecule has 0 radical (unpaired) electrons. The summed E-state index contributed by atoms with van der Waals surface area (Å²) in [5, 5.41) is 2.53. The molecule has 23 heavy (non-hydrogen) atoms. The third kappa shape index (κ3) is 4.26. The van der Waals surface area contributed by atoms with Gasteiger partial charge in [-0.05, 0) is 37.5 Å². The lowest BCUT2D eigenvalue weighted by atomic mass is 10.1. The highest BCUT2D eigenvalue weighted by Crippen LogP contribution is 2.38. The van der Waals surface area contributed by atoms with Crippen molar-refractivity contribution in [3.8, 4) is 0 Å². The maximum absolute atomic E-state index is 6.15. The summed E-state index contributed by atoms with van der Waals surface area (Å²) >= 11 is 14.0. The molecule has 0 aliphatic rings. The van der Waals surface area contributed by atoms with Gasteiger partial charge in [0, 0.05) is 27.4 Å². The van der Waals surface area contributed by atoms with Gasteiger partial charge in [0.05, 0.1) is 5.69 Å². The van der Waals surface area contributed by atoms with Crippen LogP contribution in [0.25, 0.3) is 0 Å². The van der Waals surface area contributed by atoms with E-state index in [1.807, 2.05) is 12.1 Å². The molecule has 1 aromatic carbocycles. The zero-order valence-corrected chi connectivity index (χ0v) is 16.7. The molecule has 1 aromatic heterocycles. The first-order valence-electron chi connectivity index (χ1n) is 8.11. The maximum atomic E-state index is 6.15. The summed E-state index contributed by atoms with van der Waals surface area (Å²) in [7, 11) is 0. The molecule has 0 spiro atoms.